The Morgan fingerprint density at radius 1 is 1.39 bits per heavy atom. The van der Waals surface area contributed by atoms with Crippen LogP contribution in [0.3, 0.4) is 0 Å². The average molecular weight is 267 g/mol. The van der Waals surface area contributed by atoms with E-state index < -0.39 is 13.0 Å². The van der Waals surface area contributed by atoms with Crippen molar-refractivity contribution < 1.29 is 8.78 Å². The Hall–Kier alpha value is -1.82. The van der Waals surface area contributed by atoms with Gasteiger partial charge in [-0.2, -0.15) is 0 Å². The Balaban J connectivity index is 2.47. The molecule has 2 rings (SSSR count). The van der Waals surface area contributed by atoms with Crippen molar-refractivity contribution >= 4 is 33.9 Å². The van der Waals surface area contributed by atoms with E-state index in [1.54, 1.807) is 12.1 Å². The van der Waals surface area contributed by atoms with Crippen molar-refractivity contribution in [3.8, 4) is 0 Å². The Bertz CT molecular complexity index is 587. The fraction of sp³-hybridized carbons (Fsp3) is 0.167. The summed E-state index contributed by atoms with van der Waals surface area (Å²) in [5.41, 5.74) is 6.93. The van der Waals surface area contributed by atoms with Crippen molar-refractivity contribution in [1.82, 2.24) is 4.98 Å². The molecule has 18 heavy (non-hydrogen) atoms. The van der Waals surface area contributed by atoms with Crippen LogP contribution in [0, 0.1) is 0 Å². The van der Waals surface area contributed by atoms with E-state index in [0.29, 0.717) is 16.9 Å². The molecule has 0 amide bonds. The summed E-state index contributed by atoms with van der Waals surface area (Å²) in [4.78, 5) is 4.45. The molecule has 0 aliphatic rings. The smallest absolute Gasteiger partial charge is 0.255 e. The number of hydrogen-bond acceptors (Lipinski definition) is 3. The first-order valence-corrected chi connectivity index (χ1v) is 5.70. The monoisotopic (exact) mass is 267 g/mol. The first kappa shape index (κ1) is 12.6. The summed E-state index contributed by atoms with van der Waals surface area (Å²) in [7, 11) is 0. The van der Waals surface area contributed by atoms with E-state index in [9.17, 15) is 8.78 Å². The second-order valence-corrected chi connectivity index (χ2v) is 4.15. The molecule has 0 saturated heterocycles. The van der Waals surface area contributed by atoms with Crippen LogP contribution in [0.5, 0.6) is 0 Å². The Morgan fingerprint density at radius 2 is 2.11 bits per heavy atom. The van der Waals surface area contributed by atoms with Crippen molar-refractivity contribution in [1.29, 1.82) is 0 Å². The zero-order valence-corrected chi connectivity index (χ0v) is 10.2. The summed E-state index contributed by atoms with van der Waals surface area (Å²) in [6.07, 6.45) is -2.44. The van der Waals surface area contributed by atoms with Gasteiger partial charge in [0.2, 0.25) is 0 Å². The van der Waals surface area contributed by atoms with E-state index in [1.165, 1.54) is 0 Å². The van der Waals surface area contributed by atoms with Gasteiger partial charge < -0.3 is 11.1 Å². The molecule has 0 saturated carbocycles. The fourth-order valence-electron chi connectivity index (χ4n) is 1.65. The molecule has 1 aromatic carbocycles. The lowest BCUT2D eigenvalue weighted by Crippen LogP contribution is -2.14. The minimum atomic E-state index is -2.44. The van der Waals surface area contributed by atoms with Crippen LogP contribution in [0.2, 0.25) is 0 Å². The third kappa shape index (κ3) is 2.70. The molecule has 1 aromatic heterocycles. The number of rotatable bonds is 4. The zero-order chi connectivity index (χ0) is 13.1. The second kappa shape index (κ2) is 5.22. The predicted molar refractivity (Wildman–Crippen MR) is 72.1 cm³/mol. The van der Waals surface area contributed by atoms with Gasteiger partial charge in [-0.1, -0.05) is 30.4 Å². The normalized spacial score (nSPS) is 10.8. The maximum absolute atomic E-state index is 12.2. The third-order valence-corrected chi connectivity index (χ3v) is 2.64. The Kier molecular flexibility index (Phi) is 3.66. The Labute approximate surface area is 108 Å². The summed E-state index contributed by atoms with van der Waals surface area (Å²) in [5, 5.41) is 3.37. The quantitative estimate of drug-likeness (QED) is 0.836. The van der Waals surface area contributed by atoms with Crippen LogP contribution in [0.25, 0.3) is 10.9 Å². The molecule has 0 atom stereocenters. The molecule has 0 radical (unpaired) electrons. The van der Waals surface area contributed by atoms with Crippen LogP contribution in [-0.2, 0) is 0 Å². The second-order valence-electron chi connectivity index (χ2n) is 3.71. The van der Waals surface area contributed by atoms with Crippen LogP contribution in [-0.4, -0.2) is 22.9 Å². The van der Waals surface area contributed by atoms with Gasteiger partial charge in [-0.25, -0.2) is 13.8 Å². The van der Waals surface area contributed by atoms with Gasteiger partial charge in [-0.3, -0.25) is 0 Å². The Morgan fingerprint density at radius 3 is 2.78 bits per heavy atom. The molecule has 3 nitrogen and oxygen atoms in total. The number of halogens is 2. The average Bonchev–Trinajstić information content (AvgIpc) is 2.35. The highest BCUT2D eigenvalue weighted by atomic mass is 32.1. The molecule has 0 aliphatic carbocycles. The van der Waals surface area contributed by atoms with Gasteiger partial charge in [0.15, 0.2) is 0 Å². The highest BCUT2D eigenvalue weighted by Gasteiger charge is 2.09. The zero-order valence-electron chi connectivity index (χ0n) is 9.36. The maximum Gasteiger partial charge on any atom is 0.255 e. The topological polar surface area (TPSA) is 50.9 Å². The number of benzene rings is 1. The van der Waals surface area contributed by atoms with E-state index in [0.717, 1.165) is 5.39 Å². The van der Waals surface area contributed by atoms with Gasteiger partial charge >= 0.3 is 0 Å². The first-order chi connectivity index (χ1) is 8.58. The molecule has 0 fully saturated rings. The largest absolute Gasteiger partial charge is 0.389 e. The minimum absolute atomic E-state index is 0.216. The summed E-state index contributed by atoms with van der Waals surface area (Å²) >= 11 is 4.96. The number of aromatic nitrogens is 1. The van der Waals surface area contributed by atoms with Crippen molar-refractivity contribution in [2.75, 3.05) is 11.9 Å². The lowest BCUT2D eigenvalue weighted by molar-refractivity contribution is 0.163. The van der Waals surface area contributed by atoms with Gasteiger partial charge in [0.05, 0.1) is 12.1 Å². The number of anilines is 1. The number of hydrogen-bond donors (Lipinski definition) is 2. The molecule has 6 heteroatoms. The number of thiocarbonyl (C=S) groups is 1. The summed E-state index contributed by atoms with van der Waals surface area (Å²) in [6.45, 7) is -0.456. The predicted octanol–water partition coefficient (Wildman–Crippen LogP) is 2.55. The molecule has 1 heterocycles. The lowest BCUT2D eigenvalue weighted by atomic mass is 10.1. The van der Waals surface area contributed by atoms with E-state index in [-0.39, 0.29) is 4.99 Å². The fourth-order valence-corrected chi connectivity index (χ4v) is 1.82. The van der Waals surface area contributed by atoms with Crippen molar-refractivity contribution in [2.45, 2.75) is 6.43 Å². The lowest BCUT2D eigenvalue weighted by Gasteiger charge is -2.10. The molecule has 94 valence electrons. The number of para-hydroxylation sites is 1. The summed E-state index contributed by atoms with van der Waals surface area (Å²) < 4.78 is 24.3. The van der Waals surface area contributed by atoms with Crippen LogP contribution >= 0.6 is 12.2 Å². The highest BCUT2D eigenvalue weighted by Crippen LogP contribution is 2.20. The van der Waals surface area contributed by atoms with E-state index in [1.807, 2.05) is 18.2 Å². The number of nitrogens with one attached hydrogen (secondary N) is 1. The van der Waals surface area contributed by atoms with Gasteiger partial charge in [-0.05, 0) is 12.1 Å². The van der Waals surface area contributed by atoms with E-state index in [4.69, 9.17) is 18.0 Å². The van der Waals surface area contributed by atoms with E-state index in [2.05, 4.69) is 10.3 Å². The van der Waals surface area contributed by atoms with Crippen LogP contribution < -0.4 is 11.1 Å². The molecule has 0 bridgehead atoms. The number of fused-ring (bicyclic) bond motifs is 1. The molecule has 2 aromatic rings. The van der Waals surface area contributed by atoms with Gasteiger partial charge in [0, 0.05) is 10.9 Å². The third-order valence-electron chi connectivity index (χ3n) is 2.42. The van der Waals surface area contributed by atoms with Crippen molar-refractivity contribution in [3.05, 3.63) is 35.9 Å². The highest BCUT2D eigenvalue weighted by molar-refractivity contribution is 7.80. The number of nitrogens with two attached hydrogens (primary N) is 1. The van der Waals surface area contributed by atoms with Gasteiger partial charge in [-0.15, -0.1) is 0 Å². The molecular weight excluding hydrogens is 256 g/mol. The molecule has 0 spiro atoms. The summed E-state index contributed by atoms with van der Waals surface area (Å²) in [6, 6.07) is 8.87. The van der Waals surface area contributed by atoms with Crippen LogP contribution in [0.4, 0.5) is 14.6 Å². The molecule has 3 N–H and O–H groups in total. The van der Waals surface area contributed by atoms with Crippen molar-refractivity contribution in [2.24, 2.45) is 5.73 Å². The molecule has 0 aliphatic heterocycles. The molecule has 0 unspecified atom stereocenters. The number of pyridine rings is 1. The molecular formula is C12H11F2N3S. The van der Waals surface area contributed by atoms with Crippen LogP contribution in [0.1, 0.15) is 5.56 Å². The number of nitrogens with zero attached hydrogens (tertiary/aromatic N) is 1. The summed E-state index contributed by atoms with van der Waals surface area (Å²) in [5.74, 6) is 0.344. The maximum atomic E-state index is 12.2. The van der Waals surface area contributed by atoms with Crippen LogP contribution in [0.15, 0.2) is 30.3 Å². The van der Waals surface area contributed by atoms with Crippen molar-refractivity contribution in [3.63, 3.8) is 0 Å². The number of alkyl halides is 2. The standard InChI is InChI=1S/C12H11F2N3S/c13-10(14)6-16-11-5-8(12(15)18)7-3-1-2-4-9(7)17-11/h1-5,10H,6H2,(H2,15,18)(H,16,17). The minimum Gasteiger partial charge on any atom is -0.389 e. The van der Waals surface area contributed by atoms with Gasteiger partial charge in [0.1, 0.15) is 10.8 Å². The SMILES string of the molecule is NC(=S)c1cc(NCC(F)F)nc2ccccc12. The van der Waals surface area contributed by atoms with E-state index >= 15 is 0 Å². The van der Waals surface area contributed by atoms with Gasteiger partial charge in [0.25, 0.3) is 6.43 Å². The first-order valence-electron chi connectivity index (χ1n) is 5.29.